The molecule has 1 saturated heterocycles. The van der Waals surface area contributed by atoms with Gasteiger partial charge in [-0.1, -0.05) is 11.6 Å². The molecule has 0 saturated carbocycles. The number of methoxy groups -OCH3 is 1. The normalized spacial score (nSPS) is 15.6. The molecule has 4 rings (SSSR count). The Labute approximate surface area is 243 Å². The van der Waals surface area contributed by atoms with Crippen molar-refractivity contribution in [2.45, 2.75) is 45.3 Å². The van der Waals surface area contributed by atoms with Crippen molar-refractivity contribution >= 4 is 29.2 Å². The van der Waals surface area contributed by atoms with E-state index in [1.807, 2.05) is 0 Å². The number of rotatable bonds is 8. The van der Waals surface area contributed by atoms with Crippen LogP contribution in [0.3, 0.4) is 0 Å². The number of nitriles is 1. The summed E-state index contributed by atoms with van der Waals surface area (Å²) in [7, 11) is 1.45. The van der Waals surface area contributed by atoms with E-state index in [2.05, 4.69) is 11.4 Å². The van der Waals surface area contributed by atoms with Gasteiger partial charge >= 0.3 is 5.97 Å². The number of benzene rings is 2. The molecule has 0 bridgehead atoms. The van der Waals surface area contributed by atoms with Crippen molar-refractivity contribution in [1.82, 2.24) is 4.57 Å². The molecule has 1 aromatic heterocycles. The van der Waals surface area contributed by atoms with Crippen LogP contribution < -0.4 is 15.6 Å². The molecular formula is C31H32ClN3O6. The smallest absolute Gasteiger partial charge is 0.338 e. The Morgan fingerprint density at radius 1 is 1.17 bits per heavy atom. The second-order valence-corrected chi connectivity index (χ2v) is 11.3. The van der Waals surface area contributed by atoms with Crippen LogP contribution in [-0.2, 0) is 14.3 Å². The molecule has 1 amide bonds. The van der Waals surface area contributed by atoms with Gasteiger partial charge in [-0.25, -0.2) is 4.79 Å². The van der Waals surface area contributed by atoms with Crippen molar-refractivity contribution < 1.29 is 23.8 Å². The number of hydrogen-bond acceptors (Lipinski definition) is 7. The monoisotopic (exact) mass is 577 g/mol. The average molecular weight is 578 g/mol. The van der Waals surface area contributed by atoms with Gasteiger partial charge in [0.2, 0.25) is 5.91 Å². The summed E-state index contributed by atoms with van der Waals surface area (Å²) in [5, 5.41) is 12.9. The Balaban J connectivity index is 1.66. The van der Waals surface area contributed by atoms with Gasteiger partial charge < -0.3 is 19.5 Å². The highest BCUT2D eigenvalue weighted by Gasteiger charge is 2.29. The number of anilines is 1. The Hall–Kier alpha value is -4.13. The first-order chi connectivity index (χ1) is 19.5. The summed E-state index contributed by atoms with van der Waals surface area (Å²) in [5.74, 6) is -0.478. The minimum absolute atomic E-state index is 0.0796. The third kappa shape index (κ3) is 7.34. The molecule has 2 unspecified atom stereocenters. The lowest BCUT2D eigenvalue weighted by Gasteiger charge is -2.23. The molecule has 1 N–H and O–H groups in total. The van der Waals surface area contributed by atoms with Crippen molar-refractivity contribution in [3.05, 3.63) is 81.2 Å². The summed E-state index contributed by atoms with van der Waals surface area (Å²) in [4.78, 5) is 39.5. The maximum absolute atomic E-state index is 13.7. The lowest BCUT2D eigenvalue weighted by atomic mass is 9.97. The Morgan fingerprint density at radius 2 is 1.90 bits per heavy atom. The first-order valence-electron chi connectivity index (χ1n) is 13.2. The van der Waals surface area contributed by atoms with E-state index in [-0.39, 0.29) is 5.92 Å². The standard InChI is InChI=1S/C31H32ClN3O6/c1-31(2,3)41-30(38)20-6-9-23(10-7-20)34-29(37)26(13-19-11-12-40-18-19)35-17-27(39-4)25(15-28(35)36)24-14-22(32)8-5-21(24)16-33/h5-10,14-15,17,19,26H,11-13,18H2,1-4H3,(H,34,37). The fraction of sp³-hybridized carbons (Fsp3) is 0.355. The molecule has 0 aliphatic carbocycles. The maximum Gasteiger partial charge on any atom is 0.338 e. The van der Waals surface area contributed by atoms with Crippen molar-refractivity contribution in [3.63, 3.8) is 0 Å². The van der Waals surface area contributed by atoms with Crippen LogP contribution in [0.2, 0.25) is 5.02 Å². The number of esters is 1. The van der Waals surface area contributed by atoms with Crippen molar-refractivity contribution in [3.8, 4) is 22.9 Å². The van der Waals surface area contributed by atoms with Crippen LogP contribution in [0.5, 0.6) is 5.75 Å². The molecule has 2 atom stereocenters. The van der Waals surface area contributed by atoms with E-state index in [1.54, 1.807) is 63.2 Å². The molecule has 1 fully saturated rings. The molecule has 214 valence electrons. The lowest BCUT2D eigenvalue weighted by molar-refractivity contribution is -0.119. The minimum Gasteiger partial charge on any atom is -0.495 e. The van der Waals surface area contributed by atoms with Gasteiger partial charge in [0.05, 0.1) is 30.5 Å². The van der Waals surface area contributed by atoms with Crippen molar-refractivity contribution in [2.24, 2.45) is 5.92 Å². The topological polar surface area (TPSA) is 120 Å². The third-order valence-electron chi connectivity index (χ3n) is 6.66. The van der Waals surface area contributed by atoms with Crippen LogP contribution in [0.4, 0.5) is 5.69 Å². The molecule has 1 aliphatic heterocycles. The van der Waals surface area contributed by atoms with E-state index in [0.29, 0.717) is 58.3 Å². The number of hydrogen-bond donors (Lipinski definition) is 1. The van der Waals surface area contributed by atoms with Crippen LogP contribution in [0, 0.1) is 17.2 Å². The molecular weight excluding hydrogens is 546 g/mol. The van der Waals surface area contributed by atoms with Gasteiger partial charge in [-0.15, -0.1) is 0 Å². The summed E-state index contributed by atoms with van der Waals surface area (Å²) < 4.78 is 17.9. The highest BCUT2D eigenvalue weighted by Crippen LogP contribution is 2.34. The van der Waals surface area contributed by atoms with Gasteiger partial charge in [0.25, 0.3) is 5.56 Å². The Bertz CT molecular complexity index is 1530. The number of ether oxygens (including phenoxy) is 3. The quantitative estimate of drug-likeness (QED) is 0.345. The number of amides is 1. The van der Waals surface area contributed by atoms with E-state index in [1.165, 1.54) is 23.9 Å². The Morgan fingerprint density at radius 3 is 2.51 bits per heavy atom. The largest absolute Gasteiger partial charge is 0.495 e. The molecule has 2 heterocycles. The van der Waals surface area contributed by atoms with Gasteiger partial charge in [-0.05, 0) is 82.0 Å². The summed E-state index contributed by atoms with van der Waals surface area (Å²) in [6.07, 6.45) is 2.63. The number of aromatic nitrogens is 1. The number of pyridine rings is 1. The zero-order valence-corrected chi connectivity index (χ0v) is 24.2. The first kappa shape index (κ1) is 29.8. The number of nitrogens with one attached hydrogen (secondary N) is 1. The van der Waals surface area contributed by atoms with E-state index in [4.69, 9.17) is 25.8 Å². The molecule has 0 spiro atoms. The van der Waals surface area contributed by atoms with Crippen molar-refractivity contribution in [1.29, 1.82) is 5.26 Å². The predicted molar refractivity (Wildman–Crippen MR) is 155 cm³/mol. The summed E-state index contributed by atoms with van der Waals surface area (Å²) in [6.45, 7) is 6.45. The molecule has 0 radical (unpaired) electrons. The van der Waals surface area contributed by atoms with Crippen molar-refractivity contribution in [2.75, 3.05) is 25.6 Å². The SMILES string of the molecule is COc1cn(C(CC2CCOC2)C(=O)Nc2ccc(C(=O)OC(C)(C)C)cc2)c(=O)cc1-c1cc(Cl)ccc1C#N. The molecule has 9 nitrogen and oxygen atoms in total. The first-order valence-corrected chi connectivity index (χ1v) is 13.6. The number of carbonyl (C=O) groups excluding carboxylic acids is 2. The van der Waals surface area contributed by atoms with E-state index < -0.39 is 29.1 Å². The fourth-order valence-electron chi connectivity index (χ4n) is 4.67. The number of carbonyl (C=O) groups is 2. The molecule has 41 heavy (non-hydrogen) atoms. The lowest BCUT2D eigenvalue weighted by Crippen LogP contribution is -2.34. The molecule has 3 aromatic rings. The zero-order chi connectivity index (χ0) is 29.7. The highest BCUT2D eigenvalue weighted by atomic mass is 35.5. The van der Waals surface area contributed by atoms with Crippen LogP contribution in [0.15, 0.2) is 59.5 Å². The zero-order valence-electron chi connectivity index (χ0n) is 23.4. The summed E-state index contributed by atoms with van der Waals surface area (Å²) in [5.41, 5.74) is 0.927. The minimum atomic E-state index is -0.877. The van der Waals surface area contributed by atoms with E-state index >= 15 is 0 Å². The highest BCUT2D eigenvalue weighted by molar-refractivity contribution is 6.31. The Kier molecular flexibility index (Phi) is 9.16. The molecule has 10 heteroatoms. The van der Waals surface area contributed by atoms with Gasteiger partial charge in [0.15, 0.2) is 0 Å². The van der Waals surface area contributed by atoms with Gasteiger partial charge in [0, 0.05) is 41.1 Å². The van der Waals surface area contributed by atoms with Gasteiger partial charge in [-0.2, -0.15) is 5.26 Å². The molecule has 1 aliphatic rings. The predicted octanol–water partition coefficient (Wildman–Crippen LogP) is 5.61. The molecule has 2 aromatic carbocycles. The second-order valence-electron chi connectivity index (χ2n) is 10.9. The second kappa shape index (κ2) is 12.6. The number of halogens is 1. The summed E-state index contributed by atoms with van der Waals surface area (Å²) >= 11 is 6.19. The van der Waals surface area contributed by atoms with Crippen LogP contribution >= 0.6 is 11.6 Å². The van der Waals surface area contributed by atoms with Crippen LogP contribution in [0.1, 0.15) is 55.6 Å². The van der Waals surface area contributed by atoms with E-state index in [0.717, 1.165) is 6.42 Å². The van der Waals surface area contributed by atoms with Crippen LogP contribution in [0.25, 0.3) is 11.1 Å². The van der Waals surface area contributed by atoms with Crippen LogP contribution in [-0.4, -0.2) is 42.4 Å². The van der Waals surface area contributed by atoms with Gasteiger partial charge in [-0.3, -0.25) is 14.2 Å². The number of nitrogens with zero attached hydrogens (tertiary/aromatic N) is 2. The average Bonchev–Trinajstić information content (AvgIpc) is 3.44. The summed E-state index contributed by atoms with van der Waals surface area (Å²) in [6, 6.07) is 13.7. The maximum atomic E-state index is 13.7. The third-order valence-corrected chi connectivity index (χ3v) is 6.90. The van der Waals surface area contributed by atoms with Gasteiger partial charge in [0.1, 0.15) is 17.4 Å². The fourth-order valence-corrected chi connectivity index (χ4v) is 4.84. The van der Waals surface area contributed by atoms with E-state index in [9.17, 15) is 19.6 Å².